The van der Waals surface area contributed by atoms with Crippen LogP contribution in [0.15, 0.2) is 12.1 Å². The van der Waals surface area contributed by atoms with E-state index in [9.17, 15) is 4.79 Å². The van der Waals surface area contributed by atoms with Crippen molar-refractivity contribution in [2.75, 3.05) is 20.8 Å². The van der Waals surface area contributed by atoms with Crippen LogP contribution in [0.3, 0.4) is 0 Å². The van der Waals surface area contributed by atoms with E-state index in [1.54, 1.807) is 24.1 Å². The molecule has 1 aromatic carbocycles. The highest BCUT2D eigenvalue weighted by atomic mass is 35.5. The molecule has 0 radical (unpaired) electrons. The minimum Gasteiger partial charge on any atom is -0.493 e. The molecule has 0 saturated carbocycles. The van der Waals surface area contributed by atoms with Crippen molar-refractivity contribution in [1.82, 2.24) is 4.90 Å². The van der Waals surface area contributed by atoms with Gasteiger partial charge in [-0.1, -0.05) is 11.6 Å². The molecular formula is C14H21ClN2O3. The summed E-state index contributed by atoms with van der Waals surface area (Å²) in [5, 5.41) is 0.514. The van der Waals surface area contributed by atoms with Crippen molar-refractivity contribution in [2.45, 2.75) is 26.4 Å². The SMILES string of the molecule is COc1cc(Cl)cc(CN)c1OCC(=O)N(C)C(C)C. The molecule has 0 atom stereocenters. The Hall–Kier alpha value is -1.46. The molecule has 0 aliphatic rings. The average molecular weight is 301 g/mol. The Morgan fingerprint density at radius 2 is 2.10 bits per heavy atom. The summed E-state index contributed by atoms with van der Waals surface area (Å²) in [6.07, 6.45) is 0. The van der Waals surface area contributed by atoms with Crippen molar-refractivity contribution >= 4 is 17.5 Å². The number of carbonyl (C=O) groups is 1. The van der Waals surface area contributed by atoms with Crippen LogP contribution in [0.25, 0.3) is 0 Å². The second-order valence-electron chi connectivity index (χ2n) is 4.69. The number of methoxy groups -OCH3 is 1. The molecule has 0 aromatic heterocycles. The number of ether oxygens (including phenoxy) is 2. The summed E-state index contributed by atoms with van der Waals surface area (Å²) in [5.74, 6) is 0.822. The van der Waals surface area contributed by atoms with Crippen LogP contribution in [0, 0.1) is 0 Å². The molecule has 2 N–H and O–H groups in total. The van der Waals surface area contributed by atoms with Gasteiger partial charge in [0.15, 0.2) is 18.1 Å². The summed E-state index contributed by atoms with van der Waals surface area (Å²) < 4.78 is 10.8. The van der Waals surface area contributed by atoms with Gasteiger partial charge in [0.25, 0.3) is 5.91 Å². The van der Waals surface area contributed by atoms with Gasteiger partial charge in [0.1, 0.15) is 0 Å². The van der Waals surface area contributed by atoms with Crippen molar-refractivity contribution in [1.29, 1.82) is 0 Å². The molecule has 1 rings (SSSR count). The molecule has 20 heavy (non-hydrogen) atoms. The minimum atomic E-state index is -0.111. The molecule has 1 amide bonds. The number of nitrogens with two attached hydrogens (primary N) is 1. The molecule has 0 heterocycles. The smallest absolute Gasteiger partial charge is 0.260 e. The van der Waals surface area contributed by atoms with Crippen LogP contribution in [0.1, 0.15) is 19.4 Å². The second kappa shape index (κ2) is 7.36. The predicted octanol–water partition coefficient (Wildman–Crippen LogP) is 2.05. The molecule has 0 spiro atoms. The Morgan fingerprint density at radius 3 is 2.60 bits per heavy atom. The van der Waals surface area contributed by atoms with Gasteiger partial charge < -0.3 is 20.1 Å². The van der Waals surface area contributed by atoms with Crippen molar-refractivity contribution in [3.05, 3.63) is 22.7 Å². The number of carbonyl (C=O) groups excluding carboxylic acids is 1. The van der Waals surface area contributed by atoms with Crippen LogP contribution >= 0.6 is 11.6 Å². The van der Waals surface area contributed by atoms with E-state index in [1.165, 1.54) is 7.11 Å². The lowest BCUT2D eigenvalue weighted by molar-refractivity contribution is -0.133. The Kier molecular flexibility index (Phi) is 6.10. The van der Waals surface area contributed by atoms with E-state index in [1.807, 2.05) is 13.8 Å². The lowest BCUT2D eigenvalue weighted by atomic mass is 10.2. The molecule has 0 aliphatic carbocycles. The van der Waals surface area contributed by atoms with Crippen molar-refractivity contribution in [3.8, 4) is 11.5 Å². The van der Waals surface area contributed by atoms with Gasteiger partial charge in [-0.15, -0.1) is 0 Å². The summed E-state index contributed by atoms with van der Waals surface area (Å²) >= 11 is 5.97. The Morgan fingerprint density at radius 1 is 1.45 bits per heavy atom. The molecule has 1 aromatic rings. The fraction of sp³-hybridized carbons (Fsp3) is 0.500. The van der Waals surface area contributed by atoms with E-state index in [0.29, 0.717) is 22.1 Å². The minimum absolute atomic E-state index is 0.0698. The van der Waals surface area contributed by atoms with E-state index in [0.717, 1.165) is 0 Å². The fourth-order valence-corrected chi connectivity index (χ4v) is 1.84. The maximum absolute atomic E-state index is 11.9. The standard InChI is InChI=1S/C14H21ClN2O3/c1-9(2)17(3)13(18)8-20-14-10(7-16)5-11(15)6-12(14)19-4/h5-6,9H,7-8,16H2,1-4H3. The Labute approximate surface area is 124 Å². The van der Waals surface area contributed by atoms with Crippen LogP contribution < -0.4 is 15.2 Å². The Balaban J connectivity index is 2.89. The second-order valence-corrected chi connectivity index (χ2v) is 5.12. The van der Waals surface area contributed by atoms with E-state index in [-0.39, 0.29) is 25.1 Å². The van der Waals surface area contributed by atoms with Gasteiger partial charge in [-0.3, -0.25) is 4.79 Å². The first-order valence-corrected chi connectivity index (χ1v) is 6.73. The first kappa shape index (κ1) is 16.6. The number of hydrogen-bond acceptors (Lipinski definition) is 4. The first-order valence-electron chi connectivity index (χ1n) is 6.35. The van der Waals surface area contributed by atoms with E-state index < -0.39 is 0 Å². The summed E-state index contributed by atoms with van der Waals surface area (Å²) in [6, 6.07) is 3.45. The van der Waals surface area contributed by atoms with Gasteiger partial charge in [0.05, 0.1) is 7.11 Å². The third kappa shape index (κ3) is 4.02. The quantitative estimate of drug-likeness (QED) is 0.873. The van der Waals surface area contributed by atoms with Gasteiger partial charge in [-0.05, 0) is 19.9 Å². The molecule has 5 nitrogen and oxygen atoms in total. The van der Waals surface area contributed by atoms with E-state index >= 15 is 0 Å². The number of amides is 1. The van der Waals surface area contributed by atoms with Gasteiger partial charge >= 0.3 is 0 Å². The highest BCUT2D eigenvalue weighted by Gasteiger charge is 2.16. The van der Waals surface area contributed by atoms with Crippen LogP contribution in [0.4, 0.5) is 0 Å². The summed E-state index contributed by atoms with van der Waals surface area (Å²) in [6.45, 7) is 4.05. The average Bonchev–Trinajstić information content (AvgIpc) is 2.43. The molecular weight excluding hydrogens is 280 g/mol. The number of rotatable bonds is 6. The molecule has 0 aliphatic heterocycles. The van der Waals surface area contributed by atoms with E-state index in [2.05, 4.69) is 0 Å². The van der Waals surface area contributed by atoms with Gasteiger partial charge in [-0.25, -0.2) is 0 Å². The summed E-state index contributed by atoms with van der Waals surface area (Å²) in [7, 11) is 3.25. The van der Waals surface area contributed by atoms with Gasteiger partial charge in [0, 0.05) is 36.3 Å². The number of hydrogen-bond donors (Lipinski definition) is 1. The molecule has 0 bridgehead atoms. The Bertz CT molecular complexity index is 452. The third-order valence-corrected chi connectivity index (χ3v) is 3.26. The topological polar surface area (TPSA) is 64.8 Å². The van der Waals surface area contributed by atoms with Crippen LogP contribution in [-0.4, -0.2) is 37.6 Å². The zero-order valence-electron chi connectivity index (χ0n) is 12.3. The molecule has 0 fully saturated rings. The largest absolute Gasteiger partial charge is 0.493 e. The fourth-order valence-electron chi connectivity index (χ4n) is 1.61. The molecule has 0 saturated heterocycles. The molecule has 112 valence electrons. The predicted molar refractivity (Wildman–Crippen MR) is 79.3 cm³/mol. The zero-order valence-corrected chi connectivity index (χ0v) is 13.0. The van der Waals surface area contributed by atoms with Crippen LogP contribution in [0.2, 0.25) is 5.02 Å². The summed E-state index contributed by atoms with van der Waals surface area (Å²) in [5.41, 5.74) is 6.37. The first-order chi connectivity index (χ1) is 9.40. The number of nitrogens with zero attached hydrogens (tertiary/aromatic N) is 1. The van der Waals surface area contributed by atoms with Crippen molar-refractivity contribution in [3.63, 3.8) is 0 Å². The highest BCUT2D eigenvalue weighted by Crippen LogP contribution is 2.34. The summed E-state index contributed by atoms with van der Waals surface area (Å²) in [4.78, 5) is 13.5. The molecule has 6 heteroatoms. The van der Waals surface area contributed by atoms with Gasteiger partial charge in [0.2, 0.25) is 0 Å². The lowest BCUT2D eigenvalue weighted by Crippen LogP contribution is -2.36. The molecule has 0 unspecified atom stereocenters. The van der Waals surface area contributed by atoms with E-state index in [4.69, 9.17) is 26.8 Å². The normalized spacial score (nSPS) is 10.6. The van der Waals surface area contributed by atoms with Crippen molar-refractivity contribution < 1.29 is 14.3 Å². The maximum atomic E-state index is 11.9. The van der Waals surface area contributed by atoms with Crippen molar-refractivity contribution in [2.24, 2.45) is 5.73 Å². The van der Waals surface area contributed by atoms with Crippen LogP contribution in [0.5, 0.6) is 11.5 Å². The number of halogens is 1. The van der Waals surface area contributed by atoms with Crippen LogP contribution in [-0.2, 0) is 11.3 Å². The maximum Gasteiger partial charge on any atom is 0.260 e. The highest BCUT2D eigenvalue weighted by molar-refractivity contribution is 6.30. The zero-order chi connectivity index (χ0) is 15.3. The monoisotopic (exact) mass is 300 g/mol. The number of likely N-dealkylation sites (N-methyl/N-ethyl adjacent to an activating group) is 1. The van der Waals surface area contributed by atoms with Gasteiger partial charge in [-0.2, -0.15) is 0 Å². The number of benzene rings is 1. The lowest BCUT2D eigenvalue weighted by Gasteiger charge is -2.22. The third-order valence-electron chi connectivity index (χ3n) is 3.04.